The van der Waals surface area contributed by atoms with Gasteiger partial charge in [0.2, 0.25) is 0 Å². The Bertz CT molecular complexity index is 604. The highest BCUT2D eigenvalue weighted by atomic mass is 79.9. The van der Waals surface area contributed by atoms with Crippen molar-refractivity contribution < 1.29 is 4.74 Å². The maximum atomic E-state index is 5.63. The van der Waals surface area contributed by atoms with Crippen molar-refractivity contribution in [1.29, 1.82) is 0 Å². The lowest BCUT2D eigenvalue weighted by Gasteiger charge is -2.11. The maximum Gasteiger partial charge on any atom is 0.170 e. The summed E-state index contributed by atoms with van der Waals surface area (Å²) in [6.45, 7) is 1.15. The van der Waals surface area contributed by atoms with Crippen LogP contribution in [0.25, 0.3) is 0 Å². The number of nitrogens with two attached hydrogens (primary N) is 1. The van der Waals surface area contributed by atoms with Crippen LogP contribution in [0, 0.1) is 0 Å². The van der Waals surface area contributed by atoms with E-state index in [1.54, 1.807) is 0 Å². The number of thiocarbonyl (C=S) groups is 1. The van der Waals surface area contributed by atoms with E-state index in [0.29, 0.717) is 18.3 Å². The van der Waals surface area contributed by atoms with Crippen LogP contribution in [0.15, 0.2) is 53.0 Å². The molecule has 2 rings (SSSR count). The van der Waals surface area contributed by atoms with Crippen molar-refractivity contribution in [3.8, 4) is 5.75 Å². The van der Waals surface area contributed by atoms with Crippen LogP contribution in [0.1, 0.15) is 0 Å². The smallest absolute Gasteiger partial charge is 0.170 e. The van der Waals surface area contributed by atoms with Gasteiger partial charge < -0.3 is 21.1 Å². The van der Waals surface area contributed by atoms with Crippen LogP contribution in [0.2, 0.25) is 0 Å². The van der Waals surface area contributed by atoms with E-state index in [-0.39, 0.29) is 0 Å². The van der Waals surface area contributed by atoms with Gasteiger partial charge in [0.25, 0.3) is 0 Å². The fourth-order valence-corrected chi connectivity index (χ4v) is 2.23. The molecule has 0 radical (unpaired) electrons. The van der Waals surface area contributed by atoms with Crippen molar-refractivity contribution in [1.82, 2.24) is 5.32 Å². The number of rotatable bonds is 5. The van der Waals surface area contributed by atoms with Crippen molar-refractivity contribution in [3.63, 3.8) is 0 Å². The molecular formula is C15H16BrN3OS. The van der Waals surface area contributed by atoms with Gasteiger partial charge in [-0.05, 0) is 54.7 Å². The Morgan fingerprint density at radius 1 is 1.19 bits per heavy atom. The van der Waals surface area contributed by atoms with E-state index < -0.39 is 0 Å². The molecule has 2 aromatic rings. The number of hydrogen-bond donors (Lipinski definition) is 3. The van der Waals surface area contributed by atoms with Gasteiger partial charge in [0.05, 0.1) is 6.54 Å². The molecular weight excluding hydrogens is 350 g/mol. The lowest BCUT2D eigenvalue weighted by Crippen LogP contribution is -2.31. The van der Waals surface area contributed by atoms with E-state index in [2.05, 4.69) is 26.6 Å². The van der Waals surface area contributed by atoms with Crippen molar-refractivity contribution in [2.24, 2.45) is 0 Å². The molecule has 0 spiro atoms. The first-order chi connectivity index (χ1) is 10.1. The van der Waals surface area contributed by atoms with Gasteiger partial charge in [0.1, 0.15) is 12.4 Å². The number of nitrogen functional groups attached to an aromatic ring is 1. The third kappa shape index (κ3) is 5.61. The zero-order valence-corrected chi connectivity index (χ0v) is 13.7. The van der Waals surface area contributed by atoms with Gasteiger partial charge in [-0.25, -0.2) is 0 Å². The highest BCUT2D eigenvalue weighted by molar-refractivity contribution is 9.10. The molecule has 0 aromatic heterocycles. The minimum atomic E-state index is 0.528. The fraction of sp³-hybridized carbons (Fsp3) is 0.133. The molecule has 0 heterocycles. The largest absolute Gasteiger partial charge is 0.492 e. The van der Waals surface area contributed by atoms with Crippen molar-refractivity contribution in [3.05, 3.63) is 53.0 Å². The summed E-state index contributed by atoms with van der Waals surface area (Å²) in [5.41, 5.74) is 7.25. The lowest BCUT2D eigenvalue weighted by molar-refractivity contribution is 0.322. The van der Waals surface area contributed by atoms with E-state index in [0.717, 1.165) is 21.6 Å². The first-order valence-corrected chi connectivity index (χ1v) is 7.62. The molecule has 21 heavy (non-hydrogen) atoms. The van der Waals surface area contributed by atoms with E-state index in [9.17, 15) is 0 Å². The number of halogens is 1. The molecule has 4 nitrogen and oxygen atoms in total. The van der Waals surface area contributed by atoms with Gasteiger partial charge >= 0.3 is 0 Å². The minimum absolute atomic E-state index is 0.528. The topological polar surface area (TPSA) is 59.3 Å². The van der Waals surface area contributed by atoms with E-state index in [4.69, 9.17) is 22.7 Å². The van der Waals surface area contributed by atoms with Gasteiger partial charge in [-0.1, -0.05) is 22.0 Å². The second kappa shape index (κ2) is 7.85. The first kappa shape index (κ1) is 15.6. The summed E-state index contributed by atoms with van der Waals surface area (Å²) in [4.78, 5) is 0. The summed E-state index contributed by atoms with van der Waals surface area (Å²) in [5, 5.41) is 6.71. The Morgan fingerprint density at radius 3 is 2.67 bits per heavy atom. The number of ether oxygens (including phenoxy) is 1. The third-order valence-corrected chi connectivity index (χ3v) is 3.36. The Labute approximate surface area is 137 Å². The van der Waals surface area contributed by atoms with Gasteiger partial charge in [-0.2, -0.15) is 0 Å². The quantitative estimate of drug-likeness (QED) is 0.430. The molecule has 6 heteroatoms. The molecule has 0 amide bonds. The fourth-order valence-electron chi connectivity index (χ4n) is 1.63. The molecule has 0 aliphatic rings. The predicted octanol–water partition coefficient (Wildman–Crippen LogP) is 3.40. The molecule has 0 aliphatic carbocycles. The minimum Gasteiger partial charge on any atom is -0.492 e. The normalized spacial score (nSPS) is 9.95. The van der Waals surface area contributed by atoms with Crippen LogP contribution in [-0.4, -0.2) is 18.3 Å². The molecule has 0 unspecified atom stereocenters. The Morgan fingerprint density at radius 2 is 1.95 bits per heavy atom. The molecule has 0 saturated carbocycles. The molecule has 4 N–H and O–H groups in total. The molecule has 0 saturated heterocycles. The highest BCUT2D eigenvalue weighted by Gasteiger charge is 1.98. The van der Waals surface area contributed by atoms with Crippen molar-refractivity contribution >= 4 is 44.6 Å². The second-order valence-electron chi connectivity index (χ2n) is 4.31. The van der Waals surface area contributed by atoms with Gasteiger partial charge in [-0.3, -0.25) is 0 Å². The van der Waals surface area contributed by atoms with Gasteiger partial charge in [0.15, 0.2) is 5.11 Å². The first-order valence-electron chi connectivity index (χ1n) is 6.42. The SMILES string of the molecule is Nc1ccc(NC(=S)NCCOc2cccc(Br)c2)cc1. The zero-order chi connectivity index (χ0) is 15.1. The molecule has 0 bridgehead atoms. The Hall–Kier alpha value is -1.79. The third-order valence-electron chi connectivity index (χ3n) is 2.62. The predicted molar refractivity (Wildman–Crippen MR) is 94.7 cm³/mol. The van der Waals surface area contributed by atoms with Crippen LogP contribution in [-0.2, 0) is 0 Å². The van der Waals surface area contributed by atoms with E-state index in [1.165, 1.54) is 0 Å². The summed E-state index contributed by atoms with van der Waals surface area (Å²) in [7, 11) is 0. The molecule has 0 atom stereocenters. The van der Waals surface area contributed by atoms with Crippen molar-refractivity contribution in [2.45, 2.75) is 0 Å². The van der Waals surface area contributed by atoms with E-state index >= 15 is 0 Å². The van der Waals surface area contributed by atoms with Crippen LogP contribution < -0.4 is 21.1 Å². The zero-order valence-electron chi connectivity index (χ0n) is 11.3. The number of hydrogen-bond acceptors (Lipinski definition) is 3. The number of benzene rings is 2. The monoisotopic (exact) mass is 365 g/mol. The number of anilines is 2. The number of nitrogens with one attached hydrogen (secondary N) is 2. The summed E-state index contributed by atoms with van der Waals surface area (Å²) < 4.78 is 6.60. The lowest BCUT2D eigenvalue weighted by atomic mass is 10.3. The van der Waals surface area contributed by atoms with Crippen LogP contribution >= 0.6 is 28.1 Å². The summed E-state index contributed by atoms with van der Waals surface area (Å²) in [6.07, 6.45) is 0. The molecule has 110 valence electrons. The molecule has 0 fully saturated rings. The van der Waals surface area contributed by atoms with E-state index in [1.807, 2.05) is 48.5 Å². The average Bonchev–Trinajstić information content (AvgIpc) is 2.46. The molecule has 0 aliphatic heterocycles. The highest BCUT2D eigenvalue weighted by Crippen LogP contribution is 2.17. The van der Waals surface area contributed by atoms with Crippen molar-refractivity contribution in [2.75, 3.05) is 24.2 Å². The van der Waals surface area contributed by atoms with Gasteiger partial charge in [0, 0.05) is 15.8 Å². The molecule has 2 aromatic carbocycles. The standard InChI is InChI=1S/C15H16BrN3OS/c16-11-2-1-3-14(10-11)20-9-8-18-15(21)19-13-6-4-12(17)5-7-13/h1-7,10H,8-9,17H2,(H2,18,19,21). The van der Waals surface area contributed by atoms with Gasteiger partial charge in [-0.15, -0.1) is 0 Å². The summed E-state index contributed by atoms with van der Waals surface area (Å²) in [5.74, 6) is 0.823. The maximum absolute atomic E-state index is 5.63. The summed E-state index contributed by atoms with van der Waals surface area (Å²) in [6, 6.07) is 15.1. The van der Waals surface area contributed by atoms with Crippen LogP contribution in [0.3, 0.4) is 0 Å². The Kier molecular flexibility index (Phi) is 5.83. The Balaban J connectivity index is 1.68. The van der Waals surface area contributed by atoms with Crippen LogP contribution in [0.4, 0.5) is 11.4 Å². The average molecular weight is 366 g/mol. The summed E-state index contributed by atoms with van der Waals surface area (Å²) >= 11 is 8.60. The van der Waals surface area contributed by atoms with Crippen LogP contribution in [0.5, 0.6) is 5.75 Å². The second-order valence-corrected chi connectivity index (χ2v) is 5.63.